The Bertz CT molecular complexity index is 832. The lowest BCUT2D eigenvalue weighted by atomic mass is 9.99. The number of carbonyl (C=O) groups is 1. The fourth-order valence-corrected chi connectivity index (χ4v) is 4.30. The highest BCUT2D eigenvalue weighted by molar-refractivity contribution is 5.94. The van der Waals surface area contributed by atoms with Crippen LogP contribution >= 0.6 is 0 Å². The number of piperidine rings is 1. The normalized spacial score (nSPS) is 20.7. The van der Waals surface area contributed by atoms with E-state index in [1.807, 2.05) is 41.3 Å². The maximum Gasteiger partial charge on any atom is 0.272 e. The standard InChI is InChI=1S/C23H31N5O/c1-3-19-11-7-8-12-28(19)23(29)20-17-21(27-15-13-26(2)14-16-27)25-22(24-20)18-9-5-4-6-10-18/h4-6,9-10,17,19H,3,7-8,11-16H2,1-2H3. The van der Waals surface area contributed by atoms with Crippen molar-refractivity contribution < 1.29 is 4.79 Å². The summed E-state index contributed by atoms with van der Waals surface area (Å²) in [6.45, 7) is 6.82. The van der Waals surface area contributed by atoms with Gasteiger partial charge in [0.05, 0.1) is 0 Å². The van der Waals surface area contributed by atoms with E-state index in [0.717, 1.165) is 63.4 Å². The van der Waals surface area contributed by atoms with Crippen molar-refractivity contribution in [3.63, 3.8) is 0 Å². The molecule has 1 atom stereocenters. The minimum Gasteiger partial charge on any atom is -0.354 e. The van der Waals surface area contributed by atoms with Crippen LogP contribution in [0.15, 0.2) is 36.4 Å². The van der Waals surface area contributed by atoms with Crippen molar-refractivity contribution in [1.82, 2.24) is 19.8 Å². The van der Waals surface area contributed by atoms with Crippen LogP contribution in [0.5, 0.6) is 0 Å². The van der Waals surface area contributed by atoms with Crippen LogP contribution in [0.1, 0.15) is 43.1 Å². The molecule has 1 amide bonds. The summed E-state index contributed by atoms with van der Waals surface area (Å²) in [5.41, 5.74) is 1.47. The molecule has 154 valence electrons. The summed E-state index contributed by atoms with van der Waals surface area (Å²) in [4.78, 5) is 29.6. The lowest BCUT2D eigenvalue weighted by Gasteiger charge is -2.36. The molecule has 1 unspecified atom stereocenters. The van der Waals surface area contributed by atoms with Crippen molar-refractivity contribution in [3.05, 3.63) is 42.1 Å². The van der Waals surface area contributed by atoms with E-state index in [2.05, 4.69) is 23.8 Å². The van der Waals surface area contributed by atoms with Crippen LogP contribution in [0, 0.1) is 0 Å². The van der Waals surface area contributed by atoms with Gasteiger partial charge in [0.1, 0.15) is 11.5 Å². The minimum atomic E-state index is 0.0477. The molecule has 0 bridgehead atoms. The third-order valence-corrected chi connectivity index (χ3v) is 6.15. The largest absolute Gasteiger partial charge is 0.354 e. The summed E-state index contributed by atoms with van der Waals surface area (Å²) in [5, 5.41) is 0. The summed E-state index contributed by atoms with van der Waals surface area (Å²) < 4.78 is 0. The fraction of sp³-hybridized carbons (Fsp3) is 0.522. The van der Waals surface area contributed by atoms with Crippen LogP contribution in [-0.2, 0) is 0 Å². The van der Waals surface area contributed by atoms with E-state index in [1.54, 1.807) is 0 Å². The zero-order valence-corrected chi connectivity index (χ0v) is 17.5. The first-order valence-corrected chi connectivity index (χ1v) is 10.8. The highest BCUT2D eigenvalue weighted by Crippen LogP contribution is 2.25. The molecule has 6 nitrogen and oxygen atoms in total. The summed E-state index contributed by atoms with van der Waals surface area (Å²) >= 11 is 0. The number of hydrogen-bond donors (Lipinski definition) is 0. The molecule has 0 radical (unpaired) electrons. The van der Waals surface area contributed by atoms with Crippen molar-refractivity contribution in [2.75, 3.05) is 44.7 Å². The van der Waals surface area contributed by atoms with Crippen molar-refractivity contribution in [1.29, 1.82) is 0 Å². The Kier molecular flexibility index (Phi) is 6.09. The van der Waals surface area contributed by atoms with Gasteiger partial charge < -0.3 is 14.7 Å². The Morgan fingerprint density at radius 2 is 1.79 bits per heavy atom. The molecule has 1 aromatic heterocycles. The lowest BCUT2D eigenvalue weighted by Crippen LogP contribution is -2.45. The van der Waals surface area contributed by atoms with Gasteiger partial charge in [-0.3, -0.25) is 4.79 Å². The molecular weight excluding hydrogens is 362 g/mol. The minimum absolute atomic E-state index is 0.0477. The molecule has 4 rings (SSSR count). The maximum atomic E-state index is 13.4. The van der Waals surface area contributed by atoms with Crippen LogP contribution in [0.25, 0.3) is 11.4 Å². The predicted octanol–water partition coefficient (Wildman–Crippen LogP) is 3.30. The van der Waals surface area contributed by atoms with Crippen molar-refractivity contribution in [2.24, 2.45) is 0 Å². The van der Waals surface area contributed by atoms with E-state index in [1.165, 1.54) is 6.42 Å². The number of likely N-dealkylation sites (tertiary alicyclic amines) is 1. The number of benzene rings is 1. The number of carbonyl (C=O) groups excluding carboxylic acids is 1. The third-order valence-electron chi connectivity index (χ3n) is 6.15. The van der Waals surface area contributed by atoms with Gasteiger partial charge in [-0.1, -0.05) is 37.3 Å². The summed E-state index contributed by atoms with van der Waals surface area (Å²) in [6, 6.07) is 12.2. The number of piperazine rings is 1. The fourth-order valence-electron chi connectivity index (χ4n) is 4.30. The number of amides is 1. The summed E-state index contributed by atoms with van der Waals surface area (Å²) in [7, 11) is 2.14. The van der Waals surface area contributed by atoms with E-state index < -0.39 is 0 Å². The van der Waals surface area contributed by atoms with Gasteiger partial charge >= 0.3 is 0 Å². The smallest absolute Gasteiger partial charge is 0.272 e. The van der Waals surface area contributed by atoms with Crippen LogP contribution in [0.2, 0.25) is 0 Å². The highest BCUT2D eigenvalue weighted by atomic mass is 16.2. The molecule has 2 aromatic rings. The molecule has 2 fully saturated rings. The molecule has 1 aromatic carbocycles. The molecule has 0 saturated carbocycles. The number of aromatic nitrogens is 2. The second-order valence-electron chi connectivity index (χ2n) is 8.15. The second-order valence-corrected chi connectivity index (χ2v) is 8.15. The number of likely N-dealkylation sites (N-methyl/N-ethyl adjacent to an activating group) is 1. The Balaban J connectivity index is 1.70. The molecule has 0 N–H and O–H groups in total. The van der Waals surface area contributed by atoms with Gasteiger partial charge in [0.15, 0.2) is 5.82 Å². The van der Waals surface area contributed by atoms with Crippen molar-refractivity contribution in [2.45, 2.75) is 38.6 Å². The zero-order chi connectivity index (χ0) is 20.2. The van der Waals surface area contributed by atoms with Crippen LogP contribution in [0.3, 0.4) is 0 Å². The average Bonchev–Trinajstić information content (AvgIpc) is 2.79. The van der Waals surface area contributed by atoms with Crippen molar-refractivity contribution >= 4 is 11.7 Å². The third kappa shape index (κ3) is 4.42. The molecule has 2 aliphatic heterocycles. The first-order valence-electron chi connectivity index (χ1n) is 10.8. The molecule has 29 heavy (non-hydrogen) atoms. The van der Waals surface area contributed by atoms with Crippen LogP contribution in [-0.4, -0.2) is 71.5 Å². The van der Waals surface area contributed by atoms with Crippen LogP contribution in [0.4, 0.5) is 5.82 Å². The monoisotopic (exact) mass is 393 g/mol. The van der Waals surface area contributed by atoms with Crippen molar-refractivity contribution in [3.8, 4) is 11.4 Å². The van der Waals surface area contributed by atoms with Gasteiger partial charge in [-0.15, -0.1) is 0 Å². The Hall–Kier alpha value is -2.47. The molecule has 0 spiro atoms. The number of anilines is 1. The quantitative estimate of drug-likeness (QED) is 0.798. The van der Waals surface area contributed by atoms with Gasteiger partial charge in [-0.25, -0.2) is 9.97 Å². The summed E-state index contributed by atoms with van der Waals surface area (Å²) in [6.07, 6.45) is 4.36. The number of nitrogens with zero attached hydrogens (tertiary/aromatic N) is 5. The Morgan fingerprint density at radius 3 is 2.52 bits per heavy atom. The SMILES string of the molecule is CCC1CCCCN1C(=O)c1cc(N2CCN(C)CC2)nc(-c2ccccc2)n1. The predicted molar refractivity (Wildman–Crippen MR) is 116 cm³/mol. The second kappa shape index (κ2) is 8.91. The molecular formula is C23H31N5O. The average molecular weight is 394 g/mol. The van der Waals surface area contributed by atoms with E-state index in [-0.39, 0.29) is 5.91 Å². The maximum absolute atomic E-state index is 13.4. The topological polar surface area (TPSA) is 52.6 Å². The van der Waals surface area contributed by atoms with Gasteiger partial charge in [0.25, 0.3) is 5.91 Å². The highest BCUT2D eigenvalue weighted by Gasteiger charge is 2.28. The first-order chi connectivity index (χ1) is 14.2. The molecule has 0 aliphatic carbocycles. The molecule has 6 heteroatoms. The number of rotatable bonds is 4. The van der Waals surface area contributed by atoms with E-state index in [4.69, 9.17) is 9.97 Å². The number of hydrogen-bond acceptors (Lipinski definition) is 5. The van der Waals surface area contributed by atoms with Gasteiger partial charge in [-0.2, -0.15) is 0 Å². The Labute approximate surface area is 173 Å². The van der Waals surface area contributed by atoms with E-state index >= 15 is 0 Å². The molecule has 3 heterocycles. The van der Waals surface area contributed by atoms with Gasteiger partial charge in [0.2, 0.25) is 0 Å². The van der Waals surface area contributed by atoms with Gasteiger partial charge in [0, 0.05) is 50.4 Å². The van der Waals surface area contributed by atoms with Gasteiger partial charge in [-0.05, 0) is 32.7 Å². The first kappa shape index (κ1) is 19.8. The summed E-state index contributed by atoms with van der Waals surface area (Å²) in [5.74, 6) is 1.54. The Morgan fingerprint density at radius 1 is 1.03 bits per heavy atom. The lowest BCUT2D eigenvalue weighted by molar-refractivity contribution is 0.0602. The molecule has 2 aliphatic rings. The van der Waals surface area contributed by atoms with Crippen LogP contribution < -0.4 is 4.90 Å². The zero-order valence-electron chi connectivity index (χ0n) is 17.5. The van der Waals surface area contributed by atoms with E-state index in [0.29, 0.717) is 17.6 Å². The van der Waals surface area contributed by atoms with E-state index in [9.17, 15) is 4.79 Å². The molecule has 2 saturated heterocycles.